The monoisotopic (exact) mass is 287 g/mol. The molecular weight excluding hydrogens is 274 g/mol. The fourth-order valence-electron chi connectivity index (χ4n) is 2.32. The van der Waals surface area contributed by atoms with Gasteiger partial charge in [-0.2, -0.15) is 5.10 Å². The molecule has 2 heterocycles. The van der Waals surface area contributed by atoms with Crippen molar-refractivity contribution in [1.29, 1.82) is 0 Å². The fourth-order valence-corrected chi connectivity index (χ4v) is 2.32. The van der Waals surface area contributed by atoms with Gasteiger partial charge < -0.3 is 15.2 Å². The second-order valence-electron chi connectivity index (χ2n) is 4.69. The molecule has 7 nitrogen and oxygen atoms in total. The van der Waals surface area contributed by atoms with Crippen molar-refractivity contribution in [3.8, 4) is 5.75 Å². The van der Waals surface area contributed by atoms with Crippen molar-refractivity contribution < 1.29 is 19.4 Å². The molecule has 1 aliphatic rings. The lowest BCUT2D eigenvalue weighted by molar-refractivity contribution is -0.118. The highest BCUT2D eigenvalue weighted by Gasteiger charge is 2.27. The number of aromatic carboxylic acids is 1. The minimum atomic E-state index is -1.13. The van der Waals surface area contributed by atoms with Crippen LogP contribution < -0.4 is 10.1 Å². The van der Waals surface area contributed by atoms with Crippen molar-refractivity contribution in [2.24, 2.45) is 0 Å². The first-order valence-corrected chi connectivity index (χ1v) is 6.46. The van der Waals surface area contributed by atoms with E-state index in [0.717, 1.165) is 5.56 Å². The number of anilines is 1. The first-order chi connectivity index (χ1) is 10.1. The predicted molar refractivity (Wildman–Crippen MR) is 73.5 cm³/mol. The van der Waals surface area contributed by atoms with Gasteiger partial charge in [-0.25, -0.2) is 4.79 Å². The number of carbonyl (C=O) groups is 2. The van der Waals surface area contributed by atoms with E-state index >= 15 is 0 Å². The molecule has 0 saturated heterocycles. The smallest absolute Gasteiger partial charge is 0.353 e. The van der Waals surface area contributed by atoms with Crippen LogP contribution in [0.3, 0.4) is 0 Å². The Bertz CT molecular complexity index is 695. The Morgan fingerprint density at radius 2 is 2.19 bits per heavy atom. The number of carboxylic acids is 1. The van der Waals surface area contributed by atoms with Gasteiger partial charge in [-0.3, -0.25) is 9.89 Å². The average Bonchev–Trinajstić information content (AvgIpc) is 2.95. The zero-order valence-corrected chi connectivity index (χ0v) is 11.0. The molecule has 0 bridgehead atoms. The van der Waals surface area contributed by atoms with Gasteiger partial charge in [0.2, 0.25) is 5.91 Å². The first kappa shape index (κ1) is 13.2. The van der Waals surface area contributed by atoms with Crippen LogP contribution in [0.2, 0.25) is 0 Å². The summed E-state index contributed by atoms with van der Waals surface area (Å²) in [5.41, 5.74) is 0.757. The maximum absolute atomic E-state index is 12.3. The molecular formula is C14H13N3O4. The summed E-state index contributed by atoms with van der Waals surface area (Å²) in [6.45, 7) is 0.468. The third-order valence-electron chi connectivity index (χ3n) is 3.33. The molecule has 0 saturated carbocycles. The van der Waals surface area contributed by atoms with Gasteiger partial charge in [-0.1, -0.05) is 18.2 Å². The normalized spacial score (nSPS) is 16.7. The van der Waals surface area contributed by atoms with Crippen LogP contribution in [0.5, 0.6) is 5.75 Å². The molecule has 21 heavy (non-hydrogen) atoms. The van der Waals surface area contributed by atoms with Crippen LogP contribution in [-0.4, -0.2) is 33.8 Å². The van der Waals surface area contributed by atoms with E-state index in [1.54, 1.807) is 0 Å². The van der Waals surface area contributed by atoms with E-state index in [1.165, 1.54) is 6.07 Å². The summed E-state index contributed by atoms with van der Waals surface area (Å²) in [5, 5.41) is 17.5. The molecule has 1 aromatic heterocycles. The number of H-pyrrole nitrogens is 1. The van der Waals surface area contributed by atoms with Crippen LogP contribution in [-0.2, 0) is 4.79 Å². The van der Waals surface area contributed by atoms with Crippen LogP contribution in [0.15, 0.2) is 30.3 Å². The average molecular weight is 287 g/mol. The van der Waals surface area contributed by atoms with E-state index in [2.05, 4.69) is 15.5 Å². The van der Waals surface area contributed by atoms with Crippen molar-refractivity contribution in [2.45, 2.75) is 12.3 Å². The van der Waals surface area contributed by atoms with Crippen LogP contribution in [0.4, 0.5) is 5.82 Å². The van der Waals surface area contributed by atoms with Gasteiger partial charge in [-0.15, -0.1) is 0 Å². The minimum absolute atomic E-state index is 0.0716. The number of aromatic amines is 1. The third-order valence-corrected chi connectivity index (χ3v) is 3.33. The Morgan fingerprint density at radius 3 is 2.95 bits per heavy atom. The molecule has 2 aromatic rings. The summed E-state index contributed by atoms with van der Waals surface area (Å²) in [7, 11) is 0. The number of ether oxygens (including phenoxy) is 1. The van der Waals surface area contributed by atoms with Gasteiger partial charge in [0.05, 0.1) is 12.5 Å². The number of benzene rings is 1. The number of fused-ring (bicyclic) bond motifs is 1. The van der Waals surface area contributed by atoms with Gasteiger partial charge in [0.15, 0.2) is 5.82 Å². The lowest BCUT2D eigenvalue weighted by Gasteiger charge is -2.24. The summed E-state index contributed by atoms with van der Waals surface area (Å²) >= 11 is 0. The van der Waals surface area contributed by atoms with E-state index in [-0.39, 0.29) is 23.3 Å². The highest BCUT2D eigenvalue weighted by Crippen LogP contribution is 2.33. The zero-order chi connectivity index (χ0) is 14.8. The van der Waals surface area contributed by atoms with Crippen LogP contribution >= 0.6 is 0 Å². The molecule has 7 heteroatoms. The molecule has 1 aliphatic heterocycles. The number of para-hydroxylation sites is 1. The number of hydrogen-bond acceptors (Lipinski definition) is 4. The lowest BCUT2D eigenvalue weighted by Crippen LogP contribution is -2.26. The summed E-state index contributed by atoms with van der Waals surface area (Å²) in [6.07, 6.45) is 0.569. The first-order valence-electron chi connectivity index (χ1n) is 6.46. The Hall–Kier alpha value is -2.83. The maximum Gasteiger partial charge on any atom is 0.353 e. The van der Waals surface area contributed by atoms with E-state index in [4.69, 9.17) is 9.84 Å². The highest BCUT2D eigenvalue weighted by molar-refractivity contribution is 5.96. The van der Waals surface area contributed by atoms with Crippen molar-refractivity contribution >= 4 is 17.7 Å². The van der Waals surface area contributed by atoms with Crippen molar-refractivity contribution in [3.05, 3.63) is 41.6 Å². The number of nitrogens with one attached hydrogen (secondary N) is 2. The van der Waals surface area contributed by atoms with Crippen molar-refractivity contribution in [2.75, 3.05) is 11.9 Å². The number of hydrogen-bond donors (Lipinski definition) is 3. The van der Waals surface area contributed by atoms with Crippen molar-refractivity contribution in [3.63, 3.8) is 0 Å². The quantitative estimate of drug-likeness (QED) is 0.795. The number of carbonyl (C=O) groups excluding carboxylic acids is 1. The topological polar surface area (TPSA) is 104 Å². The summed E-state index contributed by atoms with van der Waals surface area (Å²) < 4.78 is 5.51. The summed E-state index contributed by atoms with van der Waals surface area (Å²) in [6, 6.07) is 8.67. The molecule has 1 atom stereocenters. The molecule has 3 rings (SSSR count). The number of amides is 1. The summed E-state index contributed by atoms with van der Waals surface area (Å²) in [4.78, 5) is 23.1. The minimum Gasteiger partial charge on any atom is -0.493 e. The van der Waals surface area contributed by atoms with E-state index in [0.29, 0.717) is 18.8 Å². The SMILES string of the molecule is O=C(O)c1cc(NC(=O)C2CCOc3ccccc32)n[nH]1. The number of rotatable bonds is 3. The lowest BCUT2D eigenvalue weighted by atomic mass is 9.92. The Kier molecular flexibility index (Phi) is 3.31. The standard InChI is InChI=1S/C14H13N3O4/c18-13(15-12-7-10(14(19)20)16-17-12)9-5-6-21-11-4-2-1-3-8(9)11/h1-4,7,9H,5-6H2,(H,19,20)(H2,15,16,17,18). The highest BCUT2D eigenvalue weighted by atomic mass is 16.5. The number of nitrogens with zero attached hydrogens (tertiary/aromatic N) is 1. The largest absolute Gasteiger partial charge is 0.493 e. The molecule has 0 spiro atoms. The molecule has 108 valence electrons. The molecule has 0 fully saturated rings. The third kappa shape index (κ3) is 2.58. The zero-order valence-electron chi connectivity index (χ0n) is 11.0. The van der Waals surface area contributed by atoms with Crippen LogP contribution in [0, 0.1) is 0 Å². The van der Waals surface area contributed by atoms with E-state index in [9.17, 15) is 9.59 Å². The van der Waals surface area contributed by atoms with E-state index in [1.807, 2.05) is 24.3 Å². The molecule has 3 N–H and O–H groups in total. The number of aromatic nitrogens is 2. The Labute approximate surface area is 119 Å². The maximum atomic E-state index is 12.3. The fraction of sp³-hybridized carbons (Fsp3) is 0.214. The molecule has 0 radical (unpaired) electrons. The predicted octanol–water partition coefficient (Wildman–Crippen LogP) is 1.61. The van der Waals surface area contributed by atoms with Crippen LogP contribution in [0.25, 0.3) is 0 Å². The van der Waals surface area contributed by atoms with Gasteiger partial charge in [0.25, 0.3) is 0 Å². The van der Waals surface area contributed by atoms with Crippen molar-refractivity contribution in [1.82, 2.24) is 10.2 Å². The molecule has 1 amide bonds. The second kappa shape index (κ2) is 5.28. The Balaban J connectivity index is 1.78. The molecule has 1 aromatic carbocycles. The van der Waals surface area contributed by atoms with Crippen LogP contribution in [0.1, 0.15) is 28.4 Å². The van der Waals surface area contributed by atoms with Gasteiger partial charge >= 0.3 is 5.97 Å². The van der Waals surface area contributed by atoms with E-state index < -0.39 is 5.97 Å². The summed E-state index contributed by atoms with van der Waals surface area (Å²) in [5.74, 6) is -0.785. The van der Waals surface area contributed by atoms with Gasteiger partial charge in [0.1, 0.15) is 11.4 Å². The molecule has 0 aliphatic carbocycles. The Morgan fingerprint density at radius 1 is 1.38 bits per heavy atom. The van der Waals surface area contributed by atoms with Gasteiger partial charge in [-0.05, 0) is 12.5 Å². The van der Waals surface area contributed by atoms with Gasteiger partial charge in [0, 0.05) is 11.6 Å². The number of carboxylic acid groups (broad SMARTS) is 1. The molecule has 1 unspecified atom stereocenters. The second-order valence-corrected chi connectivity index (χ2v) is 4.69.